The summed E-state index contributed by atoms with van der Waals surface area (Å²) in [6, 6.07) is 32.7. The Morgan fingerprint density at radius 1 is 0.744 bits per heavy atom. The first-order valence-corrected chi connectivity index (χ1v) is 15.2. The lowest BCUT2D eigenvalue weighted by atomic mass is 9.77. The lowest BCUT2D eigenvalue weighted by Gasteiger charge is -2.37. The van der Waals surface area contributed by atoms with Crippen LogP contribution >= 0.6 is 0 Å². The molecule has 0 spiro atoms. The Bertz CT molecular complexity index is 1210. The van der Waals surface area contributed by atoms with E-state index in [-0.39, 0.29) is 0 Å². The van der Waals surface area contributed by atoms with Crippen LogP contribution in [0.1, 0.15) is 80.2 Å². The number of benzene rings is 3. The average molecular weight is 515 g/mol. The molecule has 2 fully saturated rings. The molecule has 2 nitrogen and oxygen atoms in total. The summed E-state index contributed by atoms with van der Waals surface area (Å²) in [4.78, 5) is 5.04. The van der Waals surface area contributed by atoms with Gasteiger partial charge in [-0.05, 0) is 66.5 Å². The van der Waals surface area contributed by atoms with Gasteiger partial charge in [-0.25, -0.2) is 4.98 Å². The molecule has 2 saturated carbocycles. The molecule has 4 aromatic rings. The molecule has 200 valence electrons. The minimum Gasteiger partial charge on any atom is -0.319 e. The molecule has 0 radical (unpaired) electrons. The molecule has 2 aliphatic rings. The highest BCUT2D eigenvalue weighted by atomic mass is 15.1. The van der Waals surface area contributed by atoms with Gasteiger partial charge in [-0.1, -0.05) is 135 Å². The van der Waals surface area contributed by atoms with E-state index in [1.54, 1.807) is 0 Å². The van der Waals surface area contributed by atoms with Gasteiger partial charge in [-0.15, -0.1) is 0 Å². The summed E-state index contributed by atoms with van der Waals surface area (Å²) in [5, 5.41) is 0. The zero-order valence-corrected chi connectivity index (χ0v) is 23.2. The standard InChI is InChI=1S/C37H42N2/c1-5-15-30(16-6-1)17-13-14-18-32(31-25-26-31)27-36-28-39(29-38-36)37(33-19-7-2-8-20-33,34-21-9-3-10-22-34)35-23-11-4-12-24-35/h2-4,7-12,14,18-24,28-32H,1,5-6,13,15-17,25-27H2/t32-/m0/s1. The molecule has 39 heavy (non-hydrogen) atoms. The van der Waals surface area contributed by atoms with Gasteiger partial charge in [0.25, 0.3) is 0 Å². The monoisotopic (exact) mass is 514 g/mol. The Balaban J connectivity index is 1.30. The van der Waals surface area contributed by atoms with E-state index >= 15 is 0 Å². The molecule has 0 amide bonds. The highest BCUT2D eigenvalue weighted by Gasteiger charge is 2.38. The van der Waals surface area contributed by atoms with Crippen LogP contribution in [0.5, 0.6) is 0 Å². The van der Waals surface area contributed by atoms with E-state index in [0.29, 0.717) is 5.92 Å². The van der Waals surface area contributed by atoms with Crippen LogP contribution in [0.2, 0.25) is 0 Å². The topological polar surface area (TPSA) is 17.8 Å². The zero-order valence-electron chi connectivity index (χ0n) is 23.2. The molecule has 1 heterocycles. The van der Waals surface area contributed by atoms with Crippen molar-refractivity contribution in [3.63, 3.8) is 0 Å². The van der Waals surface area contributed by atoms with Crippen LogP contribution in [0.3, 0.4) is 0 Å². The van der Waals surface area contributed by atoms with Gasteiger partial charge in [0.15, 0.2) is 0 Å². The third kappa shape index (κ3) is 5.81. The van der Waals surface area contributed by atoms with Gasteiger partial charge in [-0.2, -0.15) is 0 Å². The third-order valence-corrected chi connectivity index (χ3v) is 9.12. The predicted molar refractivity (Wildman–Crippen MR) is 162 cm³/mol. The highest BCUT2D eigenvalue weighted by molar-refractivity contribution is 5.50. The summed E-state index contributed by atoms with van der Waals surface area (Å²) in [5.74, 6) is 2.38. The van der Waals surface area contributed by atoms with Gasteiger partial charge in [0.05, 0.1) is 12.0 Å². The second-order valence-corrected chi connectivity index (χ2v) is 11.8. The van der Waals surface area contributed by atoms with Crippen LogP contribution in [0.4, 0.5) is 0 Å². The minimum absolute atomic E-state index is 0.486. The first kappa shape index (κ1) is 25.9. The van der Waals surface area contributed by atoms with E-state index in [9.17, 15) is 0 Å². The molecule has 0 N–H and O–H groups in total. The van der Waals surface area contributed by atoms with Crippen molar-refractivity contribution >= 4 is 0 Å². The Labute approximate surface area is 234 Å². The number of allylic oxidation sites excluding steroid dienone is 2. The van der Waals surface area contributed by atoms with Crippen molar-refractivity contribution in [2.24, 2.45) is 17.8 Å². The van der Waals surface area contributed by atoms with E-state index in [0.717, 1.165) is 18.3 Å². The fourth-order valence-electron chi connectivity index (χ4n) is 6.87. The first-order chi connectivity index (χ1) is 19.3. The molecule has 2 aliphatic carbocycles. The van der Waals surface area contributed by atoms with Gasteiger partial charge in [0, 0.05) is 6.20 Å². The molecule has 0 saturated heterocycles. The fraction of sp³-hybridized carbons (Fsp3) is 0.378. The smallest absolute Gasteiger partial charge is 0.121 e. The van der Waals surface area contributed by atoms with Gasteiger partial charge in [-0.3, -0.25) is 0 Å². The average Bonchev–Trinajstić information content (AvgIpc) is 3.76. The van der Waals surface area contributed by atoms with Crippen molar-refractivity contribution < 1.29 is 0 Å². The van der Waals surface area contributed by atoms with Crippen LogP contribution in [-0.4, -0.2) is 9.55 Å². The van der Waals surface area contributed by atoms with Crippen LogP contribution in [0.15, 0.2) is 116 Å². The fourth-order valence-corrected chi connectivity index (χ4v) is 6.87. The molecule has 1 atom stereocenters. The molecule has 0 aliphatic heterocycles. The van der Waals surface area contributed by atoms with Crippen LogP contribution in [0, 0.1) is 17.8 Å². The van der Waals surface area contributed by atoms with E-state index in [1.165, 1.54) is 80.2 Å². The van der Waals surface area contributed by atoms with Gasteiger partial charge >= 0.3 is 0 Å². The molecular weight excluding hydrogens is 472 g/mol. The molecule has 2 heteroatoms. The van der Waals surface area contributed by atoms with Crippen LogP contribution in [0.25, 0.3) is 0 Å². The van der Waals surface area contributed by atoms with Crippen molar-refractivity contribution in [2.45, 2.75) is 69.7 Å². The lowest BCUT2D eigenvalue weighted by molar-refractivity contribution is 0.341. The van der Waals surface area contributed by atoms with E-state index in [4.69, 9.17) is 4.98 Å². The summed E-state index contributed by atoms with van der Waals surface area (Å²) in [6.45, 7) is 0. The number of hydrogen-bond acceptors (Lipinski definition) is 1. The largest absolute Gasteiger partial charge is 0.319 e. The predicted octanol–water partition coefficient (Wildman–Crippen LogP) is 9.21. The lowest BCUT2D eigenvalue weighted by Crippen LogP contribution is -2.36. The number of hydrogen-bond donors (Lipinski definition) is 0. The summed E-state index contributed by atoms with van der Waals surface area (Å²) >= 11 is 0. The minimum atomic E-state index is -0.486. The summed E-state index contributed by atoms with van der Waals surface area (Å²) in [5.41, 5.74) is 4.43. The number of rotatable bonds is 11. The quantitative estimate of drug-likeness (QED) is 0.144. The van der Waals surface area contributed by atoms with Gasteiger partial charge in [0.1, 0.15) is 5.54 Å². The Kier molecular flexibility index (Phi) is 8.09. The SMILES string of the molecule is C(=C[C@@H](Cc1cn(C(c2ccccc2)(c2ccccc2)c2ccccc2)cn1)C1CC1)CCC1CCCCC1. The Hall–Kier alpha value is -3.39. The van der Waals surface area contributed by atoms with Crippen molar-refractivity contribution in [1.82, 2.24) is 9.55 Å². The van der Waals surface area contributed by atoms with Crippen molar-refractivity contribution in [1.29, 1.82) is 0 Å². The molecule has 0 bridgehead atoms. The second-order valence-electron chi connectivity index (χ2n) is 11.8. The van der Waals surface area contributed by atoms with Gasteiger partial charge in [0.2, 0.25) is 0 Å². The van der Waals surface area contributed by atoms with E-state index in [2.05, 4.69) is 120 Å². The van der Waals surface area contributed by atoms with Crippen molar-refractivity contribution in [3.8, 4) is 0 Å². The maximum absolute atomic E-state index is 5.04. The Morgan fingerprint density at radius 3 is 1.85 bits per heavy atom. The van der Waals surface area contributed by atoms with E-state index in [1.807, 2.05) is 0 Å². The zero-order chi connectivity index (χ0) is 26.3. The number of nitrogens with zero attached hydrogens (tertiary/aromatic N) is 2. The summed E-state index contributed by atoms with van der Waals surface area (Å²) < 4.78 is 2.36. The molecular formula is C37H42N2. The number of imidazole rings is 1. The normalized spacial score (nSPS) is 17.4. The Morgan fingerprint density at radius 2 is 1.31 bits per heavy atom. The highest BCUT2D eigenvalue weighted by Crippen LogP contribution is 2.42. The maximum Gasteiger partial charge on any atom is 0.121 e. The van der Waals surface area contributed by atoms with Gasteiger partial charge < -0.3 is 4.57 Å². The van der Waals surface area contributed by atoms with E-state index < -0.39 is 5.54 Å². The van der Waals surface area contributed by atoms with Crippen LogP contribution < -0.4 is 0 Å². The molecule has 0 unspecified atom stereocenters. The van der Waals surface area contributed by atoms with Crippen molar-refractivity contribution in [3.05, 3.63) is 138 Å². The first-order valence-electron chi connectivity index (χ1n) is 15.2. The summed E-state index contributed by atoms with van der Waals surface area (Å²) in [7, 11) is 0. The van der Waals surface area contributed by atoms with Crippen LogP contribution in [-0.2, 0) is 12.0 Å². The van der Waals surface area contributed by atoms with Crippen molar-refractivity contribution in [2.75, 3.05) is 0 Å². The maximum atomic E-state index is 5.04. The summed E-state index contributed by atoms with van der Waals surface area (Å²) in [6.07, 6.45) is 23.0. The molecule has 1 aromatic heterocycles. The second kappa shape index (κ2) is 12.2. The molecule has 6 rings (SSSR count). The third-order valence-electron chi connectivity index (χ3n) is 9.12. The number of aromatic nitrogens is 2. The molecule has 3 aromatic carbocycles.